The molecule has 0 spiro atoms. The normalized spacial score (nSPS) is 11.1. The Morgan fingerprint density at radius 1 is 1.37 bits per heavy atom. The van der Waals surface area contributed by atoms with Crippen LogP contribution in [0.3, 0.4) is 0 Å². The van der Waals surface area contributed by atoms with Crippen molar-refractivity contribution in [3.8, 4) is 0 Å². The average molecular weight is 316 g/mol. The molecule has 1 aromatic carbocycles. The van der Waals surface area contributed by atoms with Crippen LogP contribution in [0.25, 0.3) is 11.0 Å². The molecular weight excluding hydrogens is 301 g/mol. The van der Waals surface area contributed by atoms with Crippen molar-refractivity contribution in [2.24, 2.45) is 5.73 Å². The summed E-state index contributed by atoms with van der Waals surface area (Å²) < 4.78 is 2.02. The van der Waals surface area contributed by atoms with E-state index in [0.717, 1.165) is 36.1 Å². The van der Waals surface area contributed by atoms with Crippen molar-refractivity contribution in [1.82, 2.24) is 9.55 Å². The molecule has 2 rings (SSSR count). The van der Waals surface area contributed by atoms with Gasteiger partial charge >= 0.3 is 0 Å². The standard InChI is InChI=1S/C13H15Cl2N3S/c1-2-3-4-13-17-10-5-8(14)9(15)6-11(10)18(13)7-12(16)19/h5-6H,2-4,7H2,1H3,(H2,16,19). The molecule has 0 radical (unpaired) electrons. The minimum Gasteiger partial charge on any atom is -0.392 e. The molecule has 0 amide bonds. The zero-order chi connectivity index (χ0) is 14.0. The summed E-state index contributed by atoms with van der Waals surface area (Å²) in [6.07, 6.45) is 3.07. The van der Waals surface area contributed by atoms with Gasteiger partial charge in [0.2, 0.25) is 0 Å². The fourth-order valence-corrected chi connectivity index (χ4v) is 2.47. The number of aromatic nitrogens is 2. The summed E-state index contributed by atoms with van der Waals surface area (Å²) in [4.78, 5) is 5.04. The van der Waals surface area contributed by atoms with Crippen LogP contribution in [0.2, 0.25) is 10.0 Å². The third kappa shape index (κ3) is 3.19. The number of rotatable bonds is 5. The third-order valence-electron chi connectivity index (χ3n) is 2.94. The summed E-state index contributed by atoms with van der Waals surface area (Å²) in [6.45, 7) is 2.62. The summed E-state index contributed by atoms with van der Waals surface area (Å²) in [7, 11) is 0. The van der Waals surface area contributed by atoms with E-state index in [1.54, 1.807) is 6.07 Å². The first-order valence-electron chi connectivity index (χ1n) is 6.15. The third-order valence-corrected chi connectivity index (χ3v) is 3.79. The van der Waals surface area contributed by atoms with Crippen LogP contribution in [0, 0.1) is 0 Å². The Balaban J connectivity index is 2.55. The smallest absolute Gasteiger partial charge is 0.110 e. The van der Waals surface area contributed by atoms with Crippen LogP contribution in [0.4, 0.5) is 0 Å². The van der Waals surface area contributed by atoms with Crippen molar-refractivity contribution in [3.05, 3.63) is 28.0 Å². The number of benzene rings is 1. The molecule has 0 bridgehead atoms. The van der Waals surface area contributed by atoms with Gasteiger partial charge in [0.25, 0.3) is 0 Å². The zero-order valence-corrected chi connectivity index (χ0v) is 12.9. The number of hydrogen-bond acceptors (Lipinski definition) is 2. The number of nitrogens with two attached hydrogens (primary N) is 1. The Morgan fingerprint density at radius 3 is 2.68 bits per heavy atom. The summed E-state index contributed by atoms with van der Waals surface area (Å²) >= 11 is 17.1. The SMILES string of the molecule is CCCCc1nc2cc(Cl)c(Cl)cc2n1CC(N)=S. The van der Waals surface area contributed by atoms with Gasteiger partial charge in [-0.25, -0.2) is 4.98 Å². The monoisotopic (exact) mass is 315 g/mol. The molecular formula is C13H15Cl2N3S. The maximum absolute atomic E-state index is 6.07. The van der Waals surface area contributed by atoms with Crippen LogP contribution in [-0.2, 0) is 13.0 Å². The molecule has 0 aliphatic rings. The van der Waals surface area contributed by atoms with Crippen molar-refractivity contribution in [3.63, 3.8) is 0 Å². The van der Waals surface area contributed by atoms with E-state index in [9.17, 15) is 0 Å². The number of halogens is 2. The van der Waals surface area contributed by atoms with E-state index in [1.165, 1.54) is 0 Å². The van der Waals surface area contributed by atoms with Gasteiger partial charge in [0.1, 0.15) is 5.82 Å². The molecule has 0 saturated heterocycles. The summed E-state index contributed by atoms with van der Waals surface area (Å²) in [6, 6.07) is 3.60. The zero-order valence-electron chi connectivity index (χ0n) is 10.6. The van der Waals surface area contributed by atoms with Crippen molar-refractivity contribution < 1.29 is 0 Å². The van der Waals surface area contributed by atoms with Crippen molar-refractivity contribution >= 4 is 51.4 Å². The van der Waals surface area contributed by atoms with Crippen LogP contribution < -0.4 is 5.73 Å². The van der Waals surface area contributed by atoms with E-state index >= 15 is 0 Å². The van der Waals surface area contributed by atoms with E-state index in [1.807, 2.05) is 10.6 Å². The molecule has 0 fully saturated rings. The van der Waals surface area contributed by atoms with Gasteiger partial charge in [-0.05, 0) is 18.6 Å². The highest BCUT2D eigenvalue weighted by molar-refractivity contribution is 7.80. The predicted molar refractivity (Wildman–Crippen MR) is 85.2 cm³/mol. The molecule has 102 valence electrons. The van der Waals surface area contributed by atoms with Gasteiger partial charge in [-0.15, -0.1) is 0 Å². The lowest BCUT2D eigenvalue weighted by Crippen LogP contribution is -2.18. The molecule has 0 saturated carbocycles. The van der Waals surface area contributed by atoms with E-state index in [-0.39, 0.29) is 0 Å². The lowest BCUT2D eigenvalue weighted by atomic mass is 10.2. The number of imidazole rings is 1. The van der Waals surface area contributed by atoms with Gasteiger partial charge in [0.15, 0.2) is 0 Å². The topological polar surface area (TPSA) is 43.8 Å². The Labute approximate surface area is 127 Å². The molecule has 6 heteroatoms. The first-order chi connectivity index (χ1) is 9.02. The van der Waals surface area contributed by atoms with Gasteiger partial charge in [-0.1, -0.05) is 48.8 Å². The van der Waals surface area contributed by atoms with Crippen molar-refractivity contribution in [2.45, 2.75) is 32.7 Å². The van der Waals surface area contributed by atoms with Crippen LogP contribution in [0.1, 0.15) is 25.6 Å². The largest absolute Gasteiger partial charge is 0.392 e. The quantitative estimate of drug-likeness (QED) is 0.849. The number of thiocarbonyl (C=S) groups is 1. The molecule has 0 aliphatic carbocycles. The second-order valence-electron chi connectivity index (χ2n) is 4.44. The molecule has 0 aliphatic heterocycles. The van der Waals surface area contributed by atoms with E-state index in [4.69, 9.17) is 41.2 Å². The maximum atomic E-state index is 6.07. The van der Waals surface area contributed by atoms with Gasteiger partial charge in [0.05, 0.1) is 32.6 Å². The summed E-state index contributed by atoms with van der Waals surface area (Å²) in [5, 5.41) is 1.02. The Kier molecular flexibility index (Phi) is 4.66. The highest BCUT2D eigenvalue weighted by Gasteiger charge is 2.13. The van der Waals surface area contributed by atoms with Gasteiger partial charge in [-0.3, -0.25) is 0 Å². The summed E-state index contributed by atoms with van der Waals surface area (Å²) in [5.41, 5.74) is 7.42. The molecule has 0 unspecified atom stereocenters. The second-order valence-corrected chi connectivity index (χ2v) is 5.78. The highest BCUT2D eigenvalue weighted by Crippen LogP contribution is 2.28. The van der Waals surface area contributed by atoms with Crippen molar-refractivity contribution in [2.75, 3.05) is 0 Å². The lowest BCUT2D eigenvalue weighted by molar-refractivity contribution is 0.706. The Bertz CT molecular complexity index is 622. The van der Waals surface area contributed by atoms with E-state index < -0.39 is 0 Å². The van der Waals surface area contributed by atoms with E-state index in [0.29, 0.717) is 21.6 Å². The highest BCUT2D eigenvalue weighted by atomic mass is 35.5. The second kappa shape index (κ2) is 6.07. The molecule has 3 nitrogen and oxygen atoms in total. The first-order valence-corrected chi connectivity index (χ1v) is 7.31. The maximum Gasteiger partial charge on any atom is 0.110 e. The number of hydrogen-bond donors (Lipinski definition) is 1. The van der Waals surface area contributed by atoms with Gasteiger partial charge < -0.3 is 10.3 Å². The van der Waals surface area contributed by atoms with Crippen LogP contribution >= 0.6 is 35.4 Å². The van der Waals surface area contributed by atoms with Crippen LogP contribution in [0.5, 0.6) is 0 Å². The van der Waals surface area contributed by atoms with Crippen LogP contribution in [0.15, 0.2) is 12.1 Å². The number of unbranched alkanes of at least 4 members (excludes halogenated alkanes) is 1. The van der Waals surface area contributed by atoms with Crippen molar-refractivity contribution in [1.29, 1.82) is 0 Å². The summed E-state index contributed by atoms with van der Waals surface area (Å²) in [5.74, 6) is 0.975. The Hall–Kier alpha value is -0.840. The lowest BCUT2D eigenvalue weighted by Gasteiger charge is -2.08. The molecule has 19 heavy (non-hydrogen) atoms. The molecule has 2 aromatic rings. The number of nitrogens with zero attached hydrogens (tertiary/aromatic N) is 2. The Morgan fingerprint density at radius 2 is 2.05 bits per heavy atom. The fraction of sp³-hybridized carbons (Fsp3) is 0.385. The van der Waals surface area contributed by atoms with Gasteiger partial charge in [0, 0.05) is 6.42 Å². The minimum absolute atomic E-state index is 0.433. The fourth-order valence-electron chi connectivity index (χ4n) is 2.03. The molecule has 1 aromatic heterocycles. The number of aryl methyl sites for hydroxylation is 1. The predicted octanol–water partition coefficient (Wildman–Crippen LogP) is 3.97. The van der Waals surface area contributed by atoms with Gasteiger partial charge in [-0.2, -0.15) is 0 Å². The molecule has 1 heterocycles. The minimum atomic E-state index is 0.433. The molecule has 0 atom stereocenters. The van der Waals surface area contributed by atoms with Crippen LogP contribution in [-0.4, -0.2) is 14.5 Å². The molecule has 2 N–H and O–H groups in total. The first kappa shape index (κ1) is 14.6. The van der Waals surface area contributed by atoms with E-state index in [2.05, 4.69) is 11.9 Å². The number of fused-ring (bicyclic) bond motifs is 1. The average Bonchev–Trinajstić information content (AvgIpc) is 2.65.